The van der Waals surface area contributed by atoms with Gasteiger partial charge in [0.2, 0.25) is 0 Å². The number of anilines is 1. The molecule has 0 aliphatic carbocycles. The molecule has 0 radical (unpaired) electrons. The number of hydrogen-bond donors (Lipinski definition) is 1. The molecule has 0 saturated heterocycles. The van der Waals surface area contributed by atoms with Crippen molar-refractivity contribution in [1.29, 1.82) is 0 Å². The molecule has 1 N–H and O–H groups in total. The minimum Gasteiger partial charge on any atom is -0.487 e. The molecule has 0 spiro atoms. The van der Waals surface area contributed by atoms with Gasteiger partial charge in [-0.15, -0.1) is 0 Å². The van der Waals surface area contributed by atoms with E-state index in [4.69, 9.17) is 4.74 Å². The average Bonchev–Trinajstić information content (AvgIpc) is 2.36. The van der Waals surface area contributed by atoms with E-state index in [1.54, 1.807) is 0 Å². The maximum Gasteiger partial charge on any atom is 0.142 e. The van der Waals surface area contributed by atoms with Crippen LogP contribution in [0.3, 0.4) is 0 Å². The van der Waals surface area contributed by atoms with Gasteiger partial charge in [0, 0.05) is 6.54 Å². The first-order valence-electron chi connectivity index (χ1n) is 6.48. The first-order chi connectivity index (χ1) is 8.22. The van der Waals surface area contributed by atoms with E-state index in [-0.39, 0.29) is 6.10 Å². The van der Waals surface area contributed by atoms with Crippen LogP contribution in [0, 0.1) is 0 Å². The summed E-state index contributed by atoms with van der Waals surface area (Å²) in [5.74, 6) is 0.979. The Bertz CT molecular complexity index is 374. The highest BCUT2D eigenvalue weighted by Gasteiger charge is 2.15. The second-order valence-corrected chi connectivity index (χ2v) is 4.60. The monoisotopic (exact) mass is 234 g/mol. The van der Waals surface area contributed by atoms with Crippen molar-refractivity contribution >= 4 is 5.69 Å². The summed E-state index contributed by atoms with van der Waals surface area (Å²) >= 11 is 0. The van der Waals surface area contributed by atoms with Crippen molar-refractivity contribution in [2.45, 2.75) is 33.4 Å². The van der Waals surface area contributed by atoms with E-state index >= 15 is 0 Å². The van der Waals surface area contributed by atoms with Crippen LogP contribution in [0.2, 0.25) is 0 Å². The van der Waals surface area contributed by atoms with Gasteiger partial charge in [-0.1, -0.05) is 19.9 Å². The maximum absolute atomic E-state index is 5.77. The molecule has 0 aromatic heterocycles. The summed E-state index contributed by atoms with van der Waals surface area (Å²) in [5.41, 5.74) is 2.48. The smallest absolute Gasteiger partial charge is 0.142 e. The first-order valence-corrected chi connectivity index (χ1v) is 6.48. The van der Waals surface area contributed by atoms with E-state index in [0.29, 0.717) is 0 Å². The van der Waals surface area contributed by atoms with Crippen molar-refractivity contribution in [3.63, 3.8) is 0 Å². The Morgan fingerprint density at radius 3 is 2.82 bits per heavy atom. The lowest BCUT2D eigenvalue weighted by molar-refractivity contribution is 0.226. The highest BCUT2D eigenvalue weighted by atomic mass is 16.5. The quantitative estimate of drug-likeness (QED) is 0.867. The molecule has 1 heterocycles. The number of nitrogens with one attached hydrogen (secondary N) is 1. The average molecular weight is 234 g/mol. The van der Waals surface area contributed by atoms with E-state index < -0.39 is 0 Å². The van der Waals surface area contributed by atoms with Crippen LogP contribution in [0.1, 0.15) is 26.3 Å². The first kappa shape index (κ1) is 12.2. The van der Waals surface area contributed by atoms with Gasteiger partial charge in [-0.05, 0) is 37.7 Å². The molecule has 1 atom stereocenters. The van der Waals surface area contributed by atoms with Gasteiger partial charge in [0.25, 0.3) is 0 Å². The zero-order valence-corrected chi connectivity index (χ0v) is 11.0. The molecule has 0 bridgehead atoms. The Morgan fingerprint density at radius 1 is 1.35 bits per heavy atom. The predicted octanol–water partition coefficient (Wildman–Crippen LogP) is 2.72. The summed E-state index contributed by atoms with van der Waals surface area (Å²) in [6.07, 6.45) is 0.260. The molecule has 3 nitrogen and oxygen atoms in total. The summed E-state index contributed by atoms with van der Waals surface area (Å²) in [7, 11) is 0. The number of fused-ring (bicyclic) bond motifs is 1. The summed E-state index contributed by atoms with van der Waals surface area (Å²) < 4.78 is 5.77. The number of benzene rings is 1. The van der Waals surface area contributed by atoms with Crippen LogP contribution < -0.4 is 10.1 Å². The molecule has 1 aliphatic rings. The molecule has 1 unspecified atom stereocenters. The third-order valence-corrected chi connectivity index (χ3v) is 3.25. The van der Waals surface area contributed by atoms with E-state index in [2.05, 4.69) is 49.2 Å². The van der Waals surface area contributed by atoms with Crippen LogP contribution in [0.5, 0.6) is 5.75 Å². The van der Waals surface area contributed by atoms with Crippen molar-refractivity contribution in [2.24, 2.45) is 0 Å². The number of ether oxygens (including phenoxy) is 1. The fraction of sp³-hybridized carbons (Fsp3) is 0.571. The topological polar surface area (TPSA) is 24.5 Å². The SMILES string of the molecule is CCN(CC)Cc1ccc2c(c1)NCC(C)O2. The molecule has 0 saturated carbocycles. The Balaban J connectivity index is 2.11. The number of hydrogen-bond acceptors (Lipinski definition) is 3. The van der Waals surface area contributed by atoms with Gasteiger partial charge in [-0.3, -0.25) is 4.90 Å². The van der Waals surface area contributed by atoms with Gasteiger partial charge >= 0.3 is 0 Å². The Kier molecular flexibility index (Phi) is 3.89. The Hall–Kier alpha value is -1.22. The van der Waals surface area contributed by atoms with Gasteiger partial charge < -0.3 is 10.1 Å². The lowest BCUT2D eigenvalue weighted by atomic mass is 10.1. The summed E-state index contributed by atoms with van der Waals surface area (Å²) in [5, 5.41) is 3.42. The van der Waals surface area contributed by atoms with Gasteiger partial charge in [0.05, 0.1) is 12.2 Å². The lowest BCUT2D eigenvalue weighted by Crippen LogP contribution is -2.28. The van der Waals surface area contributed by atoms with Gasteiger partial charge in [0.15, 0.2) is 0 Å². The summed E-state index contributed by atoms with van der Waals surface area (Å²) in [6.45, 7) is 10.6. The lowest BCUT2D eigenvalue weighted by Gasteiger charge is -2.26. The third-order valence-electron chi connectivity index (χ3n) is 3.25. The van der Waals surface area contributed by atoms with Crippen LogP contribution in [-0.4, -0.2) is 30.6 Å². The molecule has 0 amide bonds. The van der Waals surface area contributed by atoms with Crippen LogP contribution in [-0.2, 0) is 6.54 Å². The number of nitrogens with zero attached hydrogens (tertiary/aromatic N) is 1. The highest BCUT2D eigenvalue weighted by molar-refractivity contribution is 5.59. The zero-order valence-electron chi connectivity index (χ0n) is 11.0. The van der Waals surface area contributed by atoms with Crippen molar-refractivity contribution in [3.05, 3.63) is 23.8 Å². The fourth-order valence-corrected chi connectivity index (χ4v) is 2.13. The van der Waals surface area contributed by atoms with Crippen molar-refractivity contribution in [2.75, 3.05) is 25.0 Å². The van der Waals surface area contributed by atoms with Crippen LogP contribution in [0.4, 0.5) is 5.69 Å². The second-order valence-electron chi connectivity index (χ2n) is 4.60. The van der Waals surface area contributed by atoms with E-state index in [0.717, 1.165) is 37.6 Å². The Labute approximate surface area is 104 Å². The normalized spacial score (nSPS) is 18.5. The molecule has 1 aliphatic heterocycles. The maximum atomic E-state index is 5.77. The van der Waals surface area contributed by atoms with E-state index in [1.807, 2.05) is 0 Å². The highest BCUT2D eigenvalue weighted by Crippen LogP contribution is 2.30. The molecule has 17 heavy (non-hydrogen) atoms. The van der Waals surface area contributed by atoms with E-state index in [9.17, 15) is 0 Å². The Morgan fingerprint density at radius 2 is 2.12 bits per heavy atom. The van der Waals surface area contributed by atoms with Gasteiger partial charge in [-0.25, -0.2) is 0 Å². The van der Waals surface area contributed by atoms with E-state index in [1.165, 1.54) is 5.56 Å². The molecular formula is C14H22N2O. The molecule has 2 rings (SSSR count). The van der Waals surface area contributed by atoms with Crippen LogP contribution in [0.15, 0.2) is 18.2 Å². The third kappa shape index (κ3) is 2.91. The van der Waals surface area contributed by atoms with Gasteiger partial charge in [0.1, 0.15) is 11.9 Å². The largest absolute Gasteiger partial charge is 0.487 e. The van der Waals surface area contributed by atoms with Crippen molar-refractivity contribution < 1.29 is 4.74 Å². The minimum atomic E-state index is 0.260. The summed E-state index contributed by atoms with van der Waals surface area (Å²) in [6, 6.07) is 6.45. The molecule has 94 valence electrons. The molecule has 1 aromatic rings. The van der Waals surface area contributed by atoms with Crippen LogP contribution in [0.25, 0.3) is 0 Å². The second kappa shape index (κ2) is 5.41. The molecule has 0 fully saturated rings. The predicted molar refractivity (Wildman–Crippen MR) is 71.6 cm³/mol. The standard InChI is InChI=1S/C14H22N2O/c1-4-16(5-2)10-12-6-7-14-13(8-12)15-9-11(3)17-14/h6-8,11,15H,4-5,9-10H2,1-3H3. The molecular weight excluding hydrogens is 212 g/mol. The fourth-order valence-electron chi connectivity index (χ4n) is 2.13. The number of rotatable bonds is 4. The summed E-state index contributed by atoms with van der Waals surface area (Å²) in [4.78, 5) is 2.41. The molecule has 3 heteroatoms. The zero-order chi connectivity index (χ0) is 12.3. The van der Waals surface area contributed by atoms with Crippen LogP contribution >= 0.6 is 0 Å². The van der Waals surface area contributed by atoms with Crippen molar-refractivity contribution in [3.8, 4) is 5.75 Å². The van der Waals surface area contributed by atoms with Crippen molar-refractivity contribution in [1.82, 2.24) is 4.90 Å². The molecule has 1 aromatic carbocycles. The minimum absolute atomic E-state index is 0.260. The van der Waals surface area contributed by atoms with Gasteiger partial charge in [-0.2, -0.15) is 0 Å².